The highest BCUT2D eigenvalue weighted by atomic mass is 32.2. The van der Waals surface area contributed by atoms with Crippen LogP contribution in [-0.4, -0.2) is 67.5 Å². The number of nitrogens with one attached hydrogen (secondary N) is 1. The SMILES string of the molecule is O=C(C1CCCC1)N1CCCC(S(=O)(=O)N2CCC(NCC3CC3)CC2)C1. The summed E-state index contributed by atoms with van der Waals surface area (Å²) >= 11 is 0. The van der Waals surface area contributed by atoms with E-state index in [0.29, 0.717) is 32.1 Å². The fourth-order valence-electron chi connectivity index (χ4n) is 4.99. The quantitative estimate of drug-likeness (QED) is 0.744. The molecule has 0 radical (unpaired) electrons. The van der Waals surface area contributed by atoms with Gasteiger partial charge in [0.25, 0.3) is 0 Å². The predicted molar refractivity (Wildman–Crippen MR) is 106 cm³/mol. The number of nitrogens with zero attached hydrogens (tertiary/aromatic N) is 2. The molecule has 0 aromatic carbocycles. The minimum Gasteiger partial charge on any atom is -0.341 e. The van der Waals surface area contributed by atoms with Crippen molar-refractivity contribution in [3.8, 4) is 0 Å². The molecule has 154 valence electrons. The minimum atomic E-state index is -3.31. The van der Waals surface area contributed by atoms with Crippen LogP contribution in [0.25, 0.3) is 0 Å². The monoisotopic (exact) mass is 397 g/mol. The summed E-state index contributed by atoms with van der Waals surface area (Å²) in [4.78, 5) is 14.6. The fraction of sp³-hybridized carbons (Fsp3) is 0.950. The smallest absolute Gasteiger partial charge is 0.225 e. The first-order valence-electron chi connectivity index (χ1n) is 11.0. The van der Waals surface area contributed by atoms with Gasteiger partial charge in [-0.25, -0.2) is 12.7 Å². The molecule has 1 atom stereocenters. The van der Waals surface area contributed by atoms with E-state index in [2.05, 4.69) is 5.32 Å². The number of hydrogen-bond donors (Lipinski definition) is 1. The van der Waals surface area contributed by atoms with Gasteiger partial charge in [0.2, 0.25) is 15.9 Å². The number of hydrogen-bond acceptors (Lipinski definition) is 4. The second-order valence-electron chi connectivity index (χ2n) is 9.10. The number of carbonyl (C=O) groups excluding carboxylic acids is 1. The second kappa shape index (κ2) is 8.37. The lowest BCUT2D eigenvalue weighted by Crippen LogP contribution is -2.53. The lowest BCUT2D eigenvalue weighted by atomic mass is 10.0. The van der Waals surface area contributed by atoms with Gasteiger partial charge in [0, 0.05) is 38.1 Å². The van der Waals surface area contributed by atoms with Gasteiger partial charge in [-0.15, -0.1) is 0 Å². The molecule has 1 amide bonds. The molecule has 2 aliphatic heterocycles. The molecule has 4 aliphatic rings. The van der Waals surface area contributed by atoms with Crippen LogP contribution < -0.4 is 5.32 Å². The van der Waals surface area contributed by atoms with Gasteiger partial charge in [-0.2, -0.15) is 0 Å². The Balaban J connectivity index is 1.30. The van der Waals surface area contributed by atoms with Gasteiger partial charge in [0.1, 0.15) is 0 Å². The van der Waals surface area contributed by atoms with Crippen molar-refractivity contribution in [1.29, 1.82) is 0 Å². The van der Waals surface area contributed by atoms with Crippen molar-refractivity contribution in [3.05, 3.63) is 0 Å². The molecule has 2 heterocycles. The summed E-state index contributed by atoms with van der Waals surface area (Å²) in [7, 11) is -3.31. The van der Waals surface area contributed by atoms with E-state index >= 15 is 0 Å². The van der Waals surface area contributed by atoms with E-state index in [0.717, 1.165) is 64.0 Å². The maximum atomic E-state index is 13.2. The molecule has 6 nitrogen and oxygen atoms in total. The van der Waals surface area contributed by atoms with Crippen LogP contribution in [0.1, 0.15) is 64.2 Å². The highest BCUT2D eigenvalue weighted by molar-refractivity contribution is 7.89. The molecule has 27 heavy (non-hydrogen) atoms. The van der Waals surface area contributed by atoms with Gasteiger partial charge in [0.05, 0.1) is 5.25 Å². The van der Waals surface area contributed by atoms with Crippen LogP contribution in [0.2, 0.25) is 0 Å². The molecule has 0 spiro atoms. The first kappa shape index (κ1) is 19.6. The van der Waals surface area contributed by atoms with E-state index in [1.165, 1.54) is 12.8 Å². The largest absolute Gasteiger partial charge is 0.341 e. The number of amides is 1. The van der Waals surface area contributed by atoms with E-state index in [4.69, 9.17) is 0 Å². The molecule has 2 saturated heterocycles. The van der Waals surface area contributed by atoms with Crippen molar-refractivity contribution in [2.75, 3.05) is 32.7 Å². The van der Waals surface area contributed by atoms with Crippen LogP contribution in [0.3, 0.4) is 0 Å². The Morgan fingerprint density at radius 1 is 0.889 bits per heavy atom. The number of carbonyl (C=O) groups is 1. The summed E-state index contributed by atoms with van der Waals surface area (Å²) in [5.41, 5.74) is 0. The van der Waals surface area contributed by atoms with Gasteiger partial charge in [-0.05, 0) is 63.8 Å². The molecular formula is C20H35N3O3S. The van der Waals surface area contributed by atoms with Crippen molar-refractivity contribution in [2.24, 2.45) is 11.8 Å². The zero-order valence-electron chi connectivity index (χ0n) is 16.4. The lowest BCUT2D eigenvalue weighted by Gasteiger charge is -2.38. The van der Waals surface area contributed by atoms with Crippen LogP contribution in [-0.2, 0) is 14.8 Å². The number of rotatable bonds is 6. The van der Waals surface area contributed by atoms with E-state index in [1.807, 2.05) is 4.90 Å². The van der Waals surface area contributed by atoms with Gasteiger partial charge in [0.15, 0.2) is 0 Å². The molecular weight excluding hydrogens is 362 g/mol. The third-order valence-corrected chi connectivity index (χ3v) is 9.33. The number of sulfonamides is 1. The van der Waals surface area contributed by atoms with E-state index in [9.17, 15) is 13.2 Å². The summed E-state index contributed by atoms with van der Waals surface area (Å²) in [6.07, 6.45) is 10.2. The topological polar surface area (TPSA) is 69.7 Å². The van der Waals surface area contributed by atoms with Crippen LogP contribution in [0, 0.1) is 11.8 Å². The Hall–Kier alpha value is -0.660. The maximum Gasteiger partial charge on any atom is 0.225 e. The number of piperidine rings is 2. The summed E-state index contributed by atoms with van der Waals surface area (Å²) < 4.78 is 28.1. The zero-order valence-corrected chi connectivity index (χ0v) is 17.3. The zero-order chi connectivity index (χ0) is 18.9. The average Bonchev–Trinajstić information content (AvgIpc) is 3.37. The standard InChI is InChI=1S/C20H35N3O3S/c24-20(17-4-1-2-5-17)22-11-3-6-19(15-22)27(25,26)23-12-9-18(10-13-23)21-14-16-7-8-16/h16-19,21H,1-15H2. The minimum absolute atomic E-state index is 0.139. The Kier molecular flexibility index (Phi) is 6.09. The third-order valence-electron chi connectivity index (χ3n) is 7.02. The molecule has 0 aromatic rings. The maximum absolute atomic E-state index is 13.2. The molecule has 2 saturated carbocycles. The van der Waals surface area contributed by atoms with Gasteiger partial charge < -0.3 is 10.2 Å². The Morgan fingerprint density at radius 3 is 2.26 bits per heavy atom. The fourth-order valence-corrected chi connectivity index (χ4v) is 6.97. The average molecular weight is 398 g/mol. The summed E-state index contributed by atoms with van der Waals surface area (Å²) in [6, 6.07) is 0.462. The summed E-state index contributed by atoms with van der Waals surface area (Å²) in [6.45, 7) is 3.47. The van der Waals surface area contributed by atoms with Crippen molar-refractivity contribution < 1.29 is 13.2 Å². The lowest BCUT2D eigenvalue weighted by molar-refractivity contribution is -0.136. The van der Waals surface area contributed by atoms with Gasteiger partial charge >= 0.3 is 0 Å². The third kappa shape index (κ3) is 4.67. The predicted octanol–water partition coefficient (Wildman–Crippen LogP) is 1.96. The van der Waals surface area contributed by atoms with Crippen LogP contribution >= 0.6 is 0 Å². The molecule has 1 N–H and O–H groups in total. The Labute approximate surface area is 164 Å². The molecule has 0 aromatic heterocycles. The highest BCUT2D eigenvalue weighted by Crippen LogP contribution is 2.30. The summed E-state index contributed by atoms with van der Waals surface area (Å²) in [5, 5.41) is 3.20. The number of likely N-dealkylation sites (tertiary alicyclic amines) is 1. The first-order valence-corrected chi connectivity index (χ1v) is 12.6. The highest BCUT2D eigenvalue weighted by Gasteiger charge is 2.39. The van der Waals surface area contributed by atoms with Crippen LogP contribution in [0.5, 0.6) is 0 Å². The summed E-state index contributed by atoms with van der Waals surface area (Å²) in [5.74, 6) is 1.20. The van der Waals surface area contributed by atoms with Crippen molar-refractivity contribution >= 4 is 15.9 Å². The Morgan fingerprint density at radius 2 is 1.59 bits per heavy atom. The molecule has 4 rings (SSSR count). The van der Waals surface area contributed by atoms with Crippen molar-refractivity contribution in [1.82, 2.24) is 14.5 Å². The molecule has 1 unspecified atom stereocenters. The second-order valence-corrected chi connectivity index (χ2v) is 11.3. The van der Waals surface area contributed by atoms with E-state index < -0.39 is 15.3 Å². The van der Waals surface area contributed by atoms with Crippen LogP contribution in [0.15, 0.2) is 0 Å². The van der Waals surface area contributed by atoms with E-state index in [1.54, 1.807) is 4.31 Å². The molecule has 7 heteroatoms. The van der Waals surface area contributed by atoms with Crippen molar-refractivity contribution in [2.45, 2.75) is 75.5 Å². The molecule has 4 fully saturated rings. The van der Waals surface area contributed by atoms with Gasteiger partial charge in [-0.1, -0.05) is 12.8 Å². The molecule has 2 aliphatic carbocycles. The van der Waals surface area contributed by atoms with Gasteiger partial charge in [-0.3, -0.25) is 4.79 Å². The molecule has 0 bridgehead atoms. The van der Waals surface area contributed by atoms with Crippen molar-refractivity contribution in [3.63, 3.8) is 0 Å². The van der Waals surface area contributed by atoms with Crippen LogP contribution in [0.4, 0.5) is 0 Å². The first-order chi connectivity index (χ1) is 13.0. The normalized spacial score (nSPS) is 29.3. The Bertz CT molecular complexity index is 620. The van der Waals surface area contributed by atoms with E-state index in [-0.39, 0.29) is 11.8 Å².